The molecular formula is C16H24N2OS. The van der Waals surface area contributed by atoms with Crippen LogP contribution in [0.25, 0.3) is 0 Å². The van der Waals surface area contributed by atoms with Crippen molar-refractivity contribution in [2.24, 2.45) is 11.3 Å². The van der Waals surface area contributed by atoms with Gasteiger partial charge in [0.25, 0.3) is 0 Å². The molecule has 1 aromatic rings. The van der Waals surface area contributed by atoms with Gasteiger partial charge in [0.2, 0.25) is 0 Å². The van der Waals surface area contributed by atoms with E-state index in [1.165, 1.54) is 47.7 Å². The SMILES string of the molecule is Cc1nc(CN[C@@H]2[C@@H]3CCO[C@@H]3C23CCCC3)c(C)s1. The average Bonchev–Trinajstić information content (AvgIpc) is 3.09. The quantitative estimate of drug-likeness (QED) is 0.929. The first-order chi connectivity index (χ1) is 9.71. The molecule has 2 aliphatic carbocycles. The lowest BCUT2D eigenvalue weighted by Gasteiger charge is -2.57. The summed E-state index contributed by atoms with van der Waals surface area (Å²) in [5, 5.41) is 5.04. The highest BCUT2D eigenvalue weighted by Gasteiger charge is 2.64. The first-order valence-corrected chi connectivity index (χ1v) is 8.80. The Kier molecular flexibility index (Phi) is 3.17. The summed E-state index contributed by atoms with van der Waals surface area (Å²) in [7, 11) is 0. The predicted molar refractivity (Wildman–Crippen MR) is 81.0 cm³/mol. The van der Waals surface area contributed by atoms with Crippen molar-refractivity contribution >= 4 is 11.3 Å². The number of aromatic nitrogens is 1. The summed E-state index contributed by atoms with van der Waals surface area (Å²) in [5.74, 6) is 0.758. The molecule has 20 heavy (non-hydrogen) atoms. The summed E-state index contributed by atoms with van der Waals surface area (Å²) in [4.78, 5) is 6.04. The first kappa shape index (κ1) is 13.2. The molecule has 1 aromatic heterocycles. The van der Waals surface area contributed by atoms with Gasteiger partial charge in [-0.05, 0) is 33.1 Å². The zero-order valence-corrected chi connectivity index (χ0v) is 13.3. The van der Waals surface area contributed by atoms with Gasteiger partial charge in [0, 0.05) is 35.4 Å². The molecule has 1 aliphatic heterocycles. The summed E-state index contributed by atoms with van der Waals surface area (Å²) in [5.41, 5.74) is 1.71. The number of aryl methyl sites for hydroxylation is 2. The number of nitrogens with one attached hydrogen (secondary N) is 1. The number of rotatable bonds is 3. The van der Waals surface area contributed by atoms with Gasteiger partial charge in [-0.1, -0.05) is 12.8 Å². The maximum absolute atomic E-state index is 6.05. The Hall–Kier alpha value is -0.450. The zero-order chi connectivity index (χ0) is 13.7. The van der Waals surface area contributed by atoms with Crippen LogP contribution in [0.4, 0.5) is 0 Å². The number of nitrogens with zero attached hydrogens (tertiary/aromatic N) is 1. The van der Waals surface area contributed by atoms with Gasteiger partial charge in [-0.3, -0.25) is 0 Å². The molecule has 3 aliphatic rings. The highest BCUT2D eigenvalue weighted by molar-refractivity contribution is 7.11. The molecule has 3 nitrogen and oxygen atoms in total. The molecule has 0 unspecified atom stereocenters. The lowest BCUT2D eigenvalue weighted by Crippen LogP contribution is -2.67. The van der Waals surface area contributed by atoms with E-state index < -0.39 is 0 Å². The summed E-state index contributed by atoms with van der Waals surface area (Å²) in [6.07, 6.45) is 7.31. The van der Waals surface area contributed by atoms with E-state index in [1.54, 1.807) is 0 Å². The van der Waals surface area contributed by atoms with Gasteiger partial charge in [-0.15, -0.1) is 11.3 Å². The van der Waals surface area contributed by atoms with Crippen LogP contribution in [0.15, 0.2) is 0 Å². The van der Waals surface area contributed by atoms with Gasteiger partial charge >= 0.3 is 0 Å². The monoisotopic (exact) mass is 292 g/mol. The van der Waals surface area contributed by atoms with E-state index in [2.05, 4.69) is 24.1 Å². The summed E-state index contributed by atoms with van der Waals surface area (Å²) >= 11 is 1.81. The van der Waals surface area contributed by atoms with E-state index in [0.717, 1.165) is 19.1 Å². The largest absolute Gasteiger partial charge is 0.377 e. The normalized spacial score (nSPS) is 34.4. The summed E-state index contributed by atoms with van der Waals surface area (Å²) in [6.45, 7) is 6.20. The Balaban J connectivity index is 1.49. The van der Waals surface area contributed by atoms with Crippen molar-refractivity contribution in [2.75, 3.05) is 6.61 Å². The van der Waals surface area contributed by atoms with E-state index in [-0.39, 0.29) is 0 Å². The Morgan fingerprint density at radius 2 is 2.15 bits per heavy atom. The van der Waals surface area contributed by atoms with Crippen molar-refractivity contribution in [3.05, 3.63) is 15.6 Å². The third kappa shape index (κ3) is 1.81. The molecule has 4 rings (SSSR count). The van der Waals surface area contributed by atoms with Crippen molar-refractivity contribution in [1.29, 1.82) is 0 Å². The van der Waals surface area contributed by atoms with Crippen LogP contribution in [0, 0.1) is 25.2 Å². The number of hydrogen-bond acceptors (Lipinski definition) is 4. The smallest absolute Gasteiger partial charge is 0.0900 e. The third-order valence-corrected chi connectivity index (χ3v) is 6.70. The summed E-state index contributed by atoms with van der Waals surface area (Å²) < 4.78 is 6.05. The highest BCUT2D eigenvalue weighted by Crippen LogP contribution is 2.60. The fourth-order valence-corrected chi connectivity index (χ4v) is 5.79. The third-order valence-electron chi connectivity index (χ3n) is 5.78. The Morgan fingerprint density at radius 1 is 1.35 bits per heavy atom. The molecule has 2 saturated carbocycles. The summed E-state index contributed by atoms with van der Waals surface area (Å²) in [6, 6.07) is 0.666. The minimum absolute atomic E-state index is 0.458. The van der Waals surface area contributed by atoms with Crippen molar-refractivity contribution < 1.29 is 4.74 Å². The Morgan fingerprint density at radius 3 is 2.85 bits per heavy atom. The molecule has 4 heteroatoms. The molecule has 1 saturated heterocycles. The molecule has 0 aromatic carbocycles. The minimum atomic E-state index is 0.458. The van der Waals surface area contributed by atoms with Crippen LogP contribution in [0.3, 0.4) is 0 Å². The molecule has 2 heterocycles. The molecule has 0 radical (unpaired) electrons. The van der Waals surface area contributed by atoms with Gasteiger partial charge in [0.05, 0.1) is 16.8 Å². The second-order valence-corrected chi connectivity index (χ2v) is 8.19. The Bertz CT molecular complexity index is 507. The van der Waals surface area contributed by atoms with E-state index >= 15 is 0 Å². The Labute approximate surface area is 125 Å². The zero-order valence-electron chi connectivity index (χ0n) is 12.4. The molecule has 1 spiro atoms. The number of thiazole rings is 1. The first-order valence-electron chi connectivity index (χ1n) is 7.98. The van der Waals surface area contributed by atoms with Crippen LogP contribution in [0.2, 0.25) is 0 Å². The van der Waals surface area contributed by atoms with Gasteiger partial charge in [0.15, 0.2) is 0 Å². The highest BCUT2D eigenvalue weighted by atomic mass is 32.1. The van der Waals surface area contributed by atoms with E-state index in [0.29, 0.717) is 17.6 Å². The van der Waals surface area contributed by atoms with Crippen LogP contribution in [0.5, 0.6) is 0 Å². The minimum Gasteiger partial charge on any atom is -0.377 e. The van der Waals surface area contributed by atoms with Crippen molar-refractivity contribution in [2.45, 2.75) is 64.6 Å². The molecular weight excluding hydrogens is 268 g/mol. The van der Waals surface area contributed by atoms with Gasteiger partial charge in [0.1, 0.15) is 0 Å². The fourth-order valence-electron chi connectivity index (χ4n) is 4.95. The second-order valence-electron chi connectivity index (χ2n) is 6.78. The van der Waals surface area contributed by atoms with Gasteiger partial charge in [-0.25, -0.2) is 4.98 Å². The lowest BCUT2D eigenvalue weighted by atomic mass is 9.54. The molecule has 1 N–H and O–H groups in total. The fraction of sp³-hybridized carbons (Fsp3) is 0.812. The maximum Gasteiger partial charge on any atom is 0.0900 e. The van der Waals surface area contributed by atoms with Crippen LogP contribution >= 0.6 is 11.3 Å². The number of ether oxygens (including phenoxy) is 1. The molecule has 3 fully saturated rings. The number of hydrogen-bond donors (Lipinski definition) is 1. The molecule has 0 bridgehead atoms. The van der Waals surface area contributed by atoms with Crippen LogP contribution in [-0.4, -0.2) is 23.7 Å². The van der Waals surface area contributed by atoms with Crippen LogP contribution in [0.1, 0.15) is 47.7 Å². The van der Waals surface area contributed by atoms with Crippen molar-refractivity contribution in [3.8, 4) is 0 Å². The molecule has 110 valence electrons. The van der Waals surface area contributed by atoms with Gasteiger partial charge < -0.3 is 10.1 Å². The predicted octanol–water partition coefficient (Wildman–Crippen LogP) is 3.20. The van der Waals surface area contributed by atoms with E-state index in [9.17, 15) is 0 Å². The van der Waals surface area contributed by atoms with Gasteiger partial charge in [-0.2, -0.15) is 0 Å². The van der Waals surface area contributed by atoms with Crippen molar-refractivity contribution in [1.82, 2.24) is 10.3 Å². The maximum atomic E-state index is 6.05. The lowest BCUT2D eigenvalue weighted by molar-refractivity contribution is -0.131. The number of fused-ring (bicyclic) bond motifs is 2. The molecule has 0 amide bonds. The molecule has 3 atom stereocenters. The standard InChI is InChI=1S/C16H24N2OS/c1-10-13(18-11(2)20-10)9-17-14-12-5-8-19-15(12)16(14)6-3-4-7-16/h12,14-15,17H,3-9H2,1-2H3/t12-,14+,15-/m0/s1. The van der Waals surface area contributed by atoms with Crippen LogP contribution < -0.4 is 5.32 Å². The average molecular weight is 292 g/mol. The second kappa shape index (κ2) is 4.79. The van der Waals surface area contributed by atoms with Crippen LogP contribution in [-0.2, 0) is 11.3 Å². The van der Waals surface area contributed by atoms with E-state index in [4.69, 9.17) is 4.74 Å². The van der Waals surface area contributed by atoms with E-state index in [1.807, 2.05) is 11.3 Å². The topological polar surface area (TPSA) is 34.2 Å². The van der Waals surface area contributed by atoms with Crippen molar-refractivity contribution in [3.63, 3.8) is 0 Å².